The van der Waals surface area contributed by atoms with Gasteiger partial charge in [-0.1, -0.05) is 0 Å². The number of aromatic nitrogens is 2. The Labute approximate surface area is 121 Å². The number of hydrogen-bond donors (Lipinski definition) is 1. The fourth-order valence-electron chi connectivity index (χ4n) is 1.70. The molecule has 5 heteroatoms. The number of rotatable bonds is 5. The van der Waals surface area contributed by atoms with Crippen LogP contribution in [0.2, 0.25) is 0 Å². The van der Waals surface area contributed by atoms with Gasteiger partial charge in [0.1, 0.15) is 5.82 Å². The summed E-state index contributed by atoms with van der Waals surface area (Å²) in [6.45, 7) is 5.29. The molecule has 2 aromatic heterocycles. The SMILES string of the molecule is CCOc1cc(CNc2ncc(Br)cc2C)ccn1. The lowest BCUT2D eigenvalue weighted by Crippen LogP contribution is -2.04. The van der Waals surface area contributed by atoms with Gasteiger partial charge in [-0.25, -0.2) is 9.97 Å². The Balaban J connectivity index is 2.03. The van der Waals surface area contributed by atoms with Crippen LogP contribution < -0.4 is 10.1 Å². The van der Waals surface area contributed by atoms with E-state index < -0.39 is 0 Å². The maximum absolute atomic E-state index is 5.38. The Morgan fingerprint density at radius 1 is 1.32 bits per heavy atom. The molecule has 0 unspecified atom stereocenters. The van der Waals surface area contributed by atoms with Crippen LogP contribution >= 0.6 is 15.9 Å². The lowest BCUT2D eigenvalue weighted by molar-refractivity contribution is 0.326. The summed E-state index contributed by atoms with van der Waals surface area (Å²) in [6, 6.07) is 5.93. The van der Waals surface area contributed by atoms with E-state index in [2.05, 4.69) is 31.2 Å². The number of nitrogens with one attached hydrogen (secondary N) is 1. The van der Waals surface area contributed by atoms with Crippen LogP contribution in [0, 0.1) is 6.92 Å². The minimum absolute atomic E-state index is 0.622. The fraction of sp³-hybridized carbons (Fsp3) is 0.286. The topological polar surface area (TPSA) is 47.0 Å². The largest absolute Gasteiger partial charge is 0.478 e. The van der Waals surface area contributed by atoms with E-state index >= 15 is 0 Å². The molecule has 4 nitrogen and oxygen atoms in total. The lowest BCUT2D eigenvalue weighted by Gasteiger charge is -2.09. The molecule has 0 fully saturated rings. The van der Waals surface area contributed by atoms with Gasteiger partial charge < -0.3 is 10.1 Å². The van der Waals surface area contributed by atoms with Gasteiger partial charge in [0.2, 0.25) is 5.88 Å². The first-order chi connectivity index (χ1) is 9.19. The zero-order chi connectivity index (χ0) is 13.7. The molecule has 0 aliphatic carbocycles. The Hall–Kier alpha value is -1.62. The molecule has 0 saturated heterocycles. The Morgan fingerprint density at radius 3 is 2.89 bits per heavy atom. The van der Waals surface area contributed by atoms with E-state index in [0.717, 1.165) is 21.4 Å². The molecule has 2 rings (SSSR count). The summed E-state index contributed by atoms with van der Waals surface area (Å²) in [5.41, 5.74) is 2.22. The van der Waals surface area contributed by atoms with Crippen LogP contribution in [0.1, 0.15) is 18.1 Å². The van der Waals surface area contributed by atoms with Crippen LogP contribution in [0.4, 0.5) is 5.82 Å². The number of pyridine rings is 2. The highest BCUT2D eigenvalue weighted by molar-refractivity contribution is 9.10. The maximum atomic E-state index is 5.38. The van der Waals surface area contributed by atoms with E-state index in [9.17, 15) is 0 Å². The molecular formula is C14H16BrN3O. The van der Waals surface area contributed by atoms with Crippen molar-refractivity contribution in [2.24, 2.45) is 0 Å². The van der Waals surface area contributed by atoms with Crippen LogP contribution in [0.15, 0.2) is 35.1 Å². The third kappa shape index (κ3) is 3.92. The molecule has 0 radical (unpaired) electrons. The zero-order valence-electron chi connectivity index (χ0n) is 11.0. The van der Waals surface area contributed by atoms with Crippen molar-refractivity contribution in [1.29, 1.82) is 0 Å². The molecule has 2 heterocycles. The van der Waals surface area contributed by atoms with Crippen LogP contribution in [0.3, 0.4) is 0 Å². The summed E-state index contributed by atoms with van der Waals surface area (Å²) in [5, 5.41) is 3.31. The molecule has 0 bridgehead atoms. The van der Waals surface area contributed by atoms with Gasteiger partial charge in [-0.05, 0) is 53.0 Å². The van der Waals surface area contributed by atoms with Crippen molar-refractivity contribution in [3.63, 3.8) is 0 Å². The van der Waals surface area contributed by atoms with Gasteiger partial charge in [-0.15, -0.1) is 0 Å². The van der Waals surface area contributed by atoms with Crippen LogP contribution in [-0.4, -0.2) is 16.6 Å². The van der Waals surface area contributed by atoms with Gasteiger partial charge in [0.25, 0.3) is 0 Å². The molecule has 0 saturated carbocycles. The van der Waals surface area contributed by atoms with Gasteiger partial charge in [0.15, 0.2) is 0 Å². The number of ether oxygens (including phenoxy) is 1. The monoisotopic (exact) mass is 321 g/mol. The molecule has 0 aliphatic rings. The van der Waals surface area contributed by atoms with E-state index in [1.54, 1.807) is 12.4 Å². The molecule has 1 N–H and O–H groups in total. The first-order valence-corrected chi connectivity index (χ1v) is 6.92. The van der Waals surface area contributed by atoms with Crippen molar-refractivity contribution in [3.05, 3.63) is 46.2 Å². The highest BCUT2D eigenvalue weighted by Crippen LogP contribution is 2.18. The second-order valence-electron chi connectivity index (χ2n) is 4.11. The van der Waals surface area contributed by atoms with E-state index in [-0.39, 0.29) is 0 Å². The molecule has 0 spiro atoms. The minimum atomic E-state index is 0.622. The second kappa shape index (κ2) is 6.52. The lowest BCUT2D eigenvalue weighted by atomic mass is 10.2. The average molecular weight is 322 g/mol. The van der Waals surface area contributed by atoms with Crippen molar-refractivity contribution < 1.29 is 4.74 Å². The summed E-state index contributed by atoms with van der Waals surface area (Å²) in [7, 11) is 0. The summed E-state index contributed by atoms with van der Waals surface area (Å²) >= 11 is 3.40. The van der Waals surface area contributed by atoms with E-state index in [0.29, 0.717) is 19.0 Å². The molecule has 0 atom stereocenters. The van der Waals surface area contributed by atoms with Crippen molar-refractivity contribution >= 4 is 21.7 Å². The Morgan fingerprint density at radius 2 is 2.16 bits per heavy atom. The third-order valence-electron chi connectivity index (χ3n) is 2.60. The van der Waals surface area contributed by atoms with Gasteiger partial charge in [0.05, 0.1) is 6.61 Å². The molecule has 2 aromatic rings. The first-order valence-electron chi connectivity index (χ1n) is 6.12. The quantitative estimate of drug-likeness (QED) is 0.914. The van der Waals surface area contributed by atoms with Crippen molar-refractivity contribution in [3.8, 4) is 5.88 Å². The first kappa shape index (κ1) is 13.8. The van der Waals surface area contributed by atoms with Gasteiger partial charge in [-0.2, -0.15) is 0 Å². The maximum Gasteiger partial charge on any atom is 0.213 e. The molecular weight excluding hydrogens is 306 g/mol. The van der Waals surface area contributed by atoms with Crippen LogP contribution in [-0.2, 0) is 6.54 Å². The van der Waals surface area contributed by atoms with Crippen molar-refractivity contribution in [2.75, 3.05) is 11.9 Å². The van der Waals surface area contributed by atoms with Crippen LogP contribution in [0.25, 0.3) is 0 Å². The van der Waals surface area contributed by atoms with Crippen LogP contribution in [0.5, 0.6) is 5.88 Å². The highest BCUT2D eigenvalue weighted by atomic mass is 79.9. The Bertz CT molecular complexity index is 560. The van der Waals surface area contributed by atoms with Crippen molar-refractivity contribution in [2.45, 2.75) is 20.4 Å². The van der Waals surface area contributed by atoms with Gasteiger partial charge >= 0.3 is 0 Å². The average Bonchev–Trinajstić information content (AvgIpc) is 2.38. The van der Waals surface area contributed by atoms with Crippen molar-refractivity contribution in [1.82, 2.24) is 9.97 Å². The number of nitrogens with zero attached hydrogens (tertiary/aromatic N) is 2. The third-order valence-corrected chi connectivity index (χ3v) is 3.03. The predicted molar refractivity (Wildman–Crippen MR) is 79.4 cm³/mol. The summed E-state index contributed by atoms with van der Waals surface area (Å²) in [6.07, 6.45) is 3.54. The number of anilines is 1. The Kier molecular flexibility index (Phi) is 4.74. The van der Waals surface area contributed by atoms with Gasteiger partial charge in [0, 0.05) is 29.5 Å². The summed E-state index contributed by atoms with van der Waals surface area (Å²) < 4.78 is 6.36. The smallest absolute Gasteiger partial charge is 0.213 e. The summed E-state index contributed by atoms with van der Waals surface area (Å²) in [5.74, 6) is 1.54. The molecule has 19 heavy (non-hydrogen) atoms. The van der Waals surface area contributed by atoms with E-state index in [1.807, 2.05) is 32.0 Å². The number of hydrogen-bond acceptors (Lipinski definition) is 4. The highest BCUT2D eigenvalue weighted by Gasteiger charge is 2.02. The molecule has 0 amide bonds. The molecule has 0 aliphatic heterocycles. The fourth-order valence-corrected chi connectivity index (χ4v) is 2.14. The molecule has 0 aromatic carbocycles. The number of aryl methyl sites for hydroxylation is 1. The zero-order valence-corrected chi connectivity index (χ0v) is 12.6. The normalized spacial score (nSPS) is 10.3. The second-order valence-corrected chi connectivity index (χ2v) is 5.02. The molecule has 100 valence electrons. The van der Waals surface area contributed by atoms with Gasteiger partial charge in [-0.3, -0.25) is 0 Å². The minimum Gasteiger partial charge on any atom is -0.478 e. The standard InChI is InChI=1S/C14H16BrN3O/c1-3-19-13-7-11(4-5-16-13)8-17-14-10(2)6-12(15)9-18-14/h4-7,9H,3,8H2,1-2H3,(H,17,18). The van der Waals surface area contributed by atoms with E-state index in [4.69, 9.17) is 4.74 Å². The number of halogens is 1. The predicted octanol–water partition coefficient (Wildman–Crippen LogP) is 3.56. The summed E-state index contributed by atoms with van der Waals surface area (Å²) in [4.78, 5) is 8.49. The van der Waals surface area contributed by atoms with E-state index in [1.165, 1.54) is 0 Å².